The summed E-state index contributed by atoms with van der Waals surface area (Å²) in [6, 6.07) is 10.8. The van der Waals surface area contributed by atoms with Crippen LogP contribution in [-0.2, 0) is 20.5 Å². The van der Waals surface area contributed by atoms with Crippen LogP contribution in [0.15, 0.2) is 41.2 Å². The third-order valence-electron chi connectivity index (χ3n) is 5.06. The number of hydrogen-bond acceptors (Lipinski definition) is 4. The first-order valence-electron chi connectivity index (χ1n) is 8.99. The predicted molar refractivity (Wildman–Crippen MR) is 106 cm³/mol. The van der Waals surface area contributed by atoms with Crippen LogP contribution >= 0.6 is 0 Å². The normalized spacial score (nSPS) is 15.6. The number of rotatable bonds is 3. The molecule has 0 unspecified atom stereocenters. The number of nitrogens with one attached hydrogen (secondary N) is 2. The molecular formula is C20H22N4O4. The van der Waals surface area contributed by atoms with Crippen LogP contribution in [0, 0.1) is 0 Å². The second-order valence-electron chi connectivity index (χ2n) is 6.86. The van der Waals surface area contributed by atoms with Crippen molar-refractivity contribution in [3.8, 4) is 11.5 Å². The molecule has 2 aromatic carbocycles. The highest BCUT2D eigenvalue weighted by molar-refractivity contribution is 5.95. The first-order chi connectivity index (χ1) is 13.5. The van der Waals surface area contributed by atoms with Crippen LogP contribution in [0.1, 0.15) is 5.56 Å². The van der Waals surface area contributed by atoms with Crippen LogP contribution in [-0.4, -0.2) is 34.9 Å². The van der Waals surface area contributed by atoms with Gasteiger partial charge in [0.1, 0.15) is 18.1 Å². The van der Waals surface area contributed by atoms with E-state index in [1.807, 2.05) is 24.3 Å². The van der Waals surface area contributed by atoms with Crippen molar-refractivity contribution < 1.29 is 14.3 Å². The van der Waals surface area contributed by atoms with Crippen LogP contribution in [0.5, 0.6) is 11.5 Å². The first-order valence-corrected chi connectivity index (χ1v) is 8.99. The summed E-state index contributed by atoms with van der Waals surface area (Å²) >= 11 is 0. The highest BCUT2D eigenvalue weighted by Crippen LogP contribution is 2.30. The van der Waals surface area contributed by atoms with E-state index in [9.17, 15) is 9.59 Å². The van der Waals surface area contributed by atoms with Crippen molar-refractivity contribution in [2.45, 2.75) is 12.5 Å². The fourth-order valence-electron chi connectivity index (χ4n) is 3.56. The highest BCUT2D eigenvalue weighted by atomic mass is 16.5. The van der Waals surface area contributed by atoms with Gasteiger partial charge in [-0.1, -0.05) is 18.2 Å². The number of methoxy groups -OCH3 is 1. The minimum atomic E-state index is -0.355. The maximum Gasteiger partial charge on any atom is 0.328 e. The van der Waals surface area contributed by atoms with Crippen molar-refractivity contribution >= 4 is 22.8 Å². The molecule has 2 amide bonds. The lowest BCUT2D eigenvalue weighted by molar-refractivity contribution is 0.222. The molecule has 1 aliphatic heterocycles. The summed E-state index contributed by atoms with van der Waals surface area (Å²) in [5.41, 5.74) is 2.85. The minimum Gasteiger partial charge on any atom is -0.494 e. The number of nitrogens with zero attached hydrogens (tertiary/aromatic N) is 2. The largest absolute Gasteiger partial charge is 0.494 e. The Morgan fingerprint density at radius 3 is 2.64 bits per heavy atom. The smallest absolute Gasteiger partial charge is 0.328 e. The van der Waals surface area contributed by atoms with Gasteiger partial charge in [-0.25, -0.2) is 9.59 Å². The third kappa shape index (κ3) is 3.06. The molecular weight excluding hydrogens is 360 g/mol. The molecule has 4 rings (SSSR count). The second kappa shape index (κ2) is 6.95. The monoisotopic (exact) mass is 382 g/mol. The number of hydrogen-bond donors (Lipinski definition) is 2. The van der Waals surface area contributed by atoms with E-state index in [2.05, 4.69) is 10.6 Å². The van der Waals surface area contributed by atoms with Crippen LogP contribution in [0.4, 0.5) is 10.5 Å². The number of fused-ring (bicyclic) bond motifs is 2. The van der Waals surface area contributed by atoms with E-state index in [1.165, 1.54) is 11.7 Å². The maximum absolute atomic E-state index is 12.5. The van der Waals surface area contributed by atoms with Gasteiger partial charge in [-0.05, 0) is 24.1 Å². The molecule has 8 heteroatoms. The number of benzene rings is 2. The molecule has 0 fully saturated rings. The zero-order chi connectivity index (χ0) is 19.8. The van der Waals surface area contributed by atoms with E-state index in [4.69, 9.17) is 9.47 Å². The van der Waals surface area contributed by atoms with Crippen LogP contribution in [0.3, 0.4) is 0 Å². The molecule has 1 atom stereocenters. The Bertz CT molecular complexity index is 1120. The number of anilines is 1. The highest BCUT2D eigenvalue weighted by Gasteiger charge is 2.22. The number of urea groups is 1. The van der Waals surface area contributed by atoms with Gasteiger partial charge in [0.2, 0.25) is 0 Å². The van der Waals surface area contributed by atoms with Crippen molar-refractivity contribution in [2.24, 2.45) is 14.1 Å². The number of carbonyl (C=O) groups excluding carboxylic acids is 1. The molecule has 0 saturated heterocycles. The number of carbonyl (C=O) groups is 1. The molecule has 0 saturated carbocycles. The van der Waals surface area contributed by atoms with E-state index < -0.39 is 0 Å². The molecule has 2 heterocycles. The lowest BCUT2D eigenvalue weighted by Crippen LogP contribution is -2.44. The van der Waals surface area contributed by atoms with Crippen molar-refractivity contribution in [1.29, 1.82) is 0 Å². The number of amides is 2. The Labute approximate surface area is 161 Å². The Morgan fingerprint density at radius 1 is 1.18 bits per heavy atom. The molecule has 2 N–H and O–H groups in total. The van der Waals surface area contributed by atoms with Crippen LogP contribution in [0.2, 0.25) is 0 Å². The van der Waals surface area contributed by atoms with Gasteiger partial charge in [-0.2, -0.15) is 0 Å². The fraction of sp³-hybridized carbons (Fsp3) is 0.300. The molecule has 3 aromatic rings. The SMILES string of the molecule is COc1cc2c(cc1NC(=O)N[C@@H]1COc3ccccc3C1)n(C)c(=O)n2C. The molecule has 28 heavy (non-hydrogen) atoms. The Morgan fingerprint density at radius 2 is 1.89 bits per heavy atom. The summed E-state index contributed by atoms with van der Waals surface area (Å²) in [5, 5.41) is 5.76. The van der Waals surface area contributed by atoms with Gasteiger partial charge in [0.15, 0.2) is 0 Å². The summed E-state index contributed by atoms with van der Waals surface area (Å²) in [4.78, 5) is 24.7. The zero-order valence-corrected chi connectivity index (χ0v) is 16.0. The van der Waals surface area contributed by atoms with Gasteiger partial charge >= 0.3 is 11.7 Å². The fourth-order valence-corrected chi connectivity index (χ4v) is 3.56. The molecule has 0 spiro atoms. The van der Waals surface area contributed by atoms with Gasteiger partial charge in [0.05, 0.1) is 29.9 Å². The number of para-hydroxylation sites is 1. The molecule has 1 aliphatic rings. The lowest BCUT2D eigenvalue weighted by atomic mass is 10.0. The average Bonchev–Trinajstić information content (AvgIpc) is 2.91. The molecule has 8 nitrogen and oxygen atoms in total. The van der Waals surface area contributed by atoms with Gasteiger partial charge < -0.3 is 20.1 Å². The topological polar surface area (TPSA) is 86.5 Å². The zero-order valence-electron chi connectivity index (χ0n) is 16.0. The van der Waals surface area contributed by atoms with Gasteiger partial charge in [0.25, 0.3) is 0 Å². The van der Waals surface area contributed by atoms with Crippen molar-refractivity contribution in [3.05, 3.63) is 52.4 Å². The van der Waals surface area contributed by atoms with Gasteiger partial charge in [-0.3, -0.25) is 9.13 Å². The molecule has 1 aromatic heterocycles. The number of aryl methyl sites for hydroxylation is 2. The Kier molecular flexibility index (Phi) is 4.46. The number of aromatic nitrogens is 2. The van der Waals surface area contributed by atoms with Gasteiger partial charge in [-0.15, -0.1) is 0 Å². The van der Waals surface area contributed by atoms with Crippen molar-refractivity contribution in [1.82, 2.24) is 14.5 Å². The molecule has 0 radical (unpaired) electrons. The Hall–Kier alpha value is -3.42. The van der Waals surface area contributed by atoms with E-state index in [0.717, 1.165) is 16.8 Å². The summed E-state index contributed by atoms with van der Waals surface area (Å²) in [6.45, 7) is 0.411. The summed E-state index contributed by atoms with van der Waals surface area (Å²) in [7, 11) is 4.92. The first kappa shape index (κ1) is 18.0. The quantitative estimate of drug-likeness (QED) is 0.726. The van der Waals surface area contributed by atoms with Crippen molar-refractivity contribution in [2.75, 3.05) is 19.0 Å². The molecule has 146 valence electrons. The van der Waals surface area contributed by atoms with Crippen molar-refractivity contribution in [3.63, 3.8) is 0 Å². The van der Waals surface area contributed by atoms with E-state index in [0.29, 0.717) is 30.0 Å². The second-order valence-corrected chi connectivity index (χ2v) is 6.86. The predicted octanol–water partition coefficient (Wildman–Crippen LogP) is 2.01. The van der Waals surface area contributed by atoms with Crippen LogP contribution in [0.25, 0.3) is 11.0 Å². The average molecular weight is 382 g/mol. The molecule has 0 aliphatic carbocycles. The third-order valence-corrected chi connectivity index (χ3v) is 5.06. The van der Waals surface area contributed by atoms with Gasteiger partial charge in [0, 0.05) is 20.2 Å². The maximum atomic E-state index is 12.5. The standard InChI is InChI=1S/C20H22N4O4/c1-23-15-9-14(18(27-3)10-16(15)24(2)20(23)26)22-19(25)21-13-8-12-6-4-5-7-17(12)28-11-13/h4-7,9-10,13H,8,11H2,1-3H3,(H2,21,22,25)/t13-/m0/s1. The van der Waals surface area contributed by atoms with E-state index >= 15 is 0 Å². The minimum absolute atomic E-state index is 0.134. The summed E-state index contributed by atoms with van der Waals surface area (Å²) < 4.78 is 14.2. The van der Waals surface area contributed by atoms with E-state index in [-0.39, 0.29) is 17.8 Å². The summed E-state index contributed by atoms with van der Waals surface area (Å²) in [6.07, 6.45) is 0.701. The lowest BCUT2D eigenvalue weighted by Gasteiger charge is -2.26. The molecule has 0 bridgehead atoms. The number of imidazole rings is 1. The Balaban J connectivity index is 1.54. The number of ether oxygens (including phenoxy) is 2. The van der Waals surface area contributed by atoms with E-state index in [1.54, 1.807) is 30.8 Å². The summed E-state index contributed by atoms with van der Waals surface area (Å²) in [5.74, 6) is 1.34. The van der Waals surface area contributed by atoms with Crippen LogP contribution < -0.4 is 25.8 Å².